The number of rotatable bonds is 4. The predicted octanol–water partition coefficient (Wildman–Crippen LogP) is 1.97. The highest BCUT2D eigenvalue weighted by Gasteiger charge is 2.10. The normalized spacial score (nSPS) is 10.5. The molecule has 0 aliphatic rings. The van der Waals surface area contributed by atoms with Crippen molar-refractivity contribution in [1.29, 1.82) is 0 Å². The summed E-state index contributed by atoms with van der Waals surface area (Å²) in [4.78, 5) is 23.4. The Kier molecular flexibility index (Phi) is 4.05. The van der Waals surface area contributed by atoms with Crippen molar-refractivity contribution in [2.24, 2.45) is 7.05 Å². The average molecular weight is 309 g/mol. The van der Waals surface area contributed by atoms with Crippen molar-refractivity contribution in [2.75, 3.05) is 0 Å². The quantitative estimate of drug-likeness (QED) is 0.799. The van der Waals surface area contributed by atoms with E-state index in [9.17, 15) is 9.59 Å². The predicted molar refractivity (Wildman–Crippen MR) is 84.8 cm³/mol. The molecule has 23 heavy (non-hydrogen) atoms. The second kappa shape index (κ2) is 6.31. The first kappa shape index (κ1) is 14.8. The maximum absolute atomic E-state index is 12.1. The number of nitrogens with zero attached hydrogens (tertiary/aromatic N) is 2. The Morgan fingerprint density at radius 1 is 1.22 bits per heavy atom. The van der Waals surface area contributed by atoms with Crippen LogP contribution in [0.3, 0.4) is 0 Å². The lowest BCUT2D eigenvalue weighted by molar-refractivity contribution is 0.0949. The molecule has 6 heteroatoms. The van der Waals surface area contributed by atoms with Gasteiger partial charge in [-0.25, -0.2) is 0 Å². The lowest BCUT2D eigenvalue weighted by Gasteiger charge is -2.04. The zero-order valence-electron chi connectivity index (χ0n) is 12.5. The molecule has 1 aromatic carbocycles. The molecule has 0 unspecified atom stereocenters. The van der Waals surface area contributed by atoms with Crippen LogP contribution in [0.1, 0.15) is 16.1 Å². The molecule has 2 heterocycles. The Balaban J connectivity index is 1.66. The van der Waals surface area contributed by atoms with Gasteiger partial charge in [-0.1, -0.05) is 35.5 Å². The van der Waals surface area contributed by atoms with Gasteiger partial charge in [0, 0.05) is 30.9 Å². The molecule has 0 spiro atoms. The highest BCUT2D eigenvalue weighted by molar-refractivity contribution is 5.93. The van der Waals surface area contributed by atoms with Gasteiger partial charge in [-0.05, 0) is 6.07 Å². The van der Waals surface area contributed by atoms with Crippen molar-refractivity contribution < 1.29 is 9.32 Å². The molecule has 0 saturated heterocycles. The third-order valence-corrected chi connectivity index (χ3v) is 3.40. The summed E-state index contributed by atoms with van der Waals surface area (Å²) in [7, 11) is 1.60. The van der Waals surface area contributed by atoms with Gasteiger partial charge in [-0.2, -0.15) is 0 Å². The van der Waals surface area contributed by atoms with Gasteiger partial charge in [-0.3, -0.25) is 9.59 Å². The second-order valence-electron chi connectivity index (χ2n) is 5.10. The third-order valence-electron chi connectivity index (χ3n) is 3.40. The van der Waals surface area contributed by atoms with Crippen molar-refractivity contribution in [2.45, 2.75) is 6.54 Å². The first-order valence-electron chi connectivity index (χ1n) is 7.09. The van der Waals surface area contributed by atoms with Crippen molar-refractivity contribution >= 4 is 5.91 Å². The van der Waals surface area contributed by atoms with E-state index in [4.69, 9.17) is 4.52 Å². The molecule has 0 bridgehead atoms. The SMILES string of the molecule is Cn1cc(C(=O)NCc2cc(-c3ccccc3)on2)ccc1=O. The molecule has 0 radical (unpaired) electrons. The van der Waals surface area contributed by atoms with Crippen LogP contribution in [0, 0.1) is 0 Å². The summed E-state index contributed by atoms with van der Waals surface area (Å²) < 4.78 is 6.64. The van der Waals surface area contributed by atoms with Gasteiger partial charge in [0.2, 0.25) is 5.56 Å². The van der Waals surface area contributed by atoms with E-state index in [2.05, 4.69) is 10.5 Å². The summed E-state index contributed by atoms with van der Waals surface area (Å²) in [6, 6.07) is 14.2. The van der Waals surface area contributed by atoms with E-state index in [1.807, 2.05) is 30.3 Å². The Hall–Kier alpha value is -3.15. The first-order chi connectivity index (χ1) is 11.1. The summed E-state index contributed by atoms with van der Waals surface area (Å²) in [5.74, 6) is 0.377. The van der Waals surface area contributed by atoms with Crippen molar-refractivity contribution in [1.82, 2.24) is 15.0 Å². The van der Waals surface area contributed by atoms with Crippen LogP contribution in [0.25, 0.3) is 11.3 Å². The number of benzene rings is 1. The number of carbonyl (C=O) groups excluding carboxylic acids is 1. The van der Waals surface area contributed by atoms with Crippen LogP contribution in [0.5, 0.6) is 0 Å². The summed E-state index contributed by atoms with van der Waals surface area (Å²) in [6.45, 7) is 0.248. The van der Waals surface area contributed by atoms with Gasteiger partial charge < -0.3 is 14.4 Å². The molecule has 0 aliphatic heterocycles. The number of aromatic nitrogens is 2. The van der Waals surface area contributed by atoms with E-state index in [-0.39, 0.29) is 18.0 Å². The van der Waals surface area contributed by atoms with Crippen LogP contribution < -0.4 is 10.9 Å². The second-order valence-corrected chi connectivity index (χ2v) is 5.10. The first-order valence-corrected chi connectivity index (χ1v) is 7.09. The van der Waals surface area contributed by atoms with Crippen molar-refractivity contribution in [3.63, 3.8) is 0 Å². The molecule has 2 aromatic heterocycles. The summed E-state index contributed by atoms with van der Waals surface area (Å²) in [6.07, 6.45) is 1.50. The molecule has 6 nitrogen and oxygen atoms in total. The number of pyridine rings is 1. The Morgan fingerprint density at radius 3 is 2.74 bits per heavy atom. The van der Waals surface area contributed by atoms with Crippen LogP contribution >= 0.6 is 0 Å². The lowest BCUT2D eigenvalue weighted by Crippen LogP contribution is -2.25. The number of nitrogens with one attached hydrogen (secondary N) is 1. The van der Waals surface area contributed by atoms with Crippen LogP contribution in [0.2, 0.25) is 0 Å². The Bertz CT molecular complexity index is 881. The monoisotopic (exact) mass is 309 g/mol. The maximum Gasteiger partial charge on any atom is 0.253 e. The van der Waals surface area contributed by atoms with Gasteiger partial charge in [-0.15, -0.1) is 0 Å². The lowest BCUT2D eigenvalue weighted by atomic mass is 10.1. The van der Waals surface area contributed by atoms with Gasteiger partial charge in [0.1, 0.15) is 5.69 Å². The molecule has 0 fully saturated rings. The van der Waals surface area contributed by atoms with Gasteiger partial charge >= 0.3 is 0 Å². The minimum Gasteiger partial charge on any atom is -0.356 e. The van der Waals surface area contributed by atoms with E-state index < -0.39 is 0 Å². The highest BCUT2D eigenvalue weighted by atomic mass is 16.5. The fraction of sp³-hybridized carbons (Fsp3) is 0.118. The highest BCUT2D eigenvalue weighted by Crippen LogP contribution is 2.19. The van der Waals surface area contributed by atoms with Crippen LogP contribution in [-0.2, 0) is 13.6 Å². The Labute approximate surface area is 132 Å². The van der Waals surface area contributed by atoms with E-state index in [0.717, 1.165) is 5.56 Å². The van der Waals surface area contributed by atoms with Gasteiger partial charge in [0.15, 0.2) is 5.76 Å². The standard InChI is InChI=1S/C17H15N3O3/c1-20-11-13(7-8-16(20)21)17(22)18-10-14-9-15(23-19-14)12-5-3-2-4-6-12/h2-9,11H,10H2,1H3,(H,18,22). The van der Waals surface area contributed by atoms with Crippen LogP contribution in [-0.4, -0.2) is 15.6 Å². The number of carbonyl (C=O) groups is 1. The van der Waals surface area contributed by atoms with Gasteiger partial charge in [0.25, 0.3) is 5.91 Å². The molecule has 3 aromatic rings. The van der Waals surface area contributed by atoms with E-state index >= 15 is 0 Å². The maximum atomic E-state index is 12.1. The largest absolute Gasteiger partial charge is 0.356 e. The zero-order chi connectivity index (χ0) is 16.2. The molecule has 0 atom stereocenters. The fourth-order valence-electron chi connectivity index (χ4n) is 2.13. The number of amides is 1. The number of hydrogen-bond acceptors (Lipinski definition) is 4. The topological polar surface area (TPSA) is 77.1 Å². The van der Waals surface area contributed by atoms with Crippen molar-refractivity contribution in [3.8, 4) is 11.3 Å². The molecular formula is C17H15N3O3. The molecule has 3 rings (SSSR count). The van der Waals surface area contributed by atoms with Crippen LogP contribution in [0.4, 0.5) is 0 Å². The molecule has 1 N–H and O–H groups in total. The third kappa shape index (κ3) is 3.37. The number of hydrogen-bond donors (Lipinski definition) is 1. The van der Waals surface area contributed by atoms with E-state index in [1.54, 1.807) is 13.1 Å². The van der Waals surface area contributed by atoms with Gasteiger partial charge in [0.05, 0.1) is 12.1 Å². The average Bonchev–Trinajstić information content (AvgIpc) is 3.05. The van der Waals surface area contributed by atoms with Crippen LogP contribution in [0.15, 0.2) is 64.0 Å². The smallest absolute Gasteiger partial charge is 0.253 e. The molecular weight excluding hydrogens is 294 g/mol. The molecule has 1 amide bonds. The fourth-order valence-corrected chi connectivity index (χ4v) is 2.13. The van der Waals surface area contributed by atoms with Crippen molar-refractivity contribution in [3.05, 3.63) is 76.3 Å². The minimum atomic E-state index is -0.273. The van der Waals surface area contributed by atoms with E-state index in [0.29, 0.717) is 17.0 Å². The summed E-state index contributed by atoms with van der Waals surface area (Å²) in [5, 5.41) is 6.69. The molecule has 116 valence electrons. The minimum absolute atomic E-state index is 0.162. The molecule has 0 aliphatic carbocycles. The summed E-state index contributed by atoms with van der Waals surface area (Å²) in [5.41, 5.74) is 1.81. The molecule has 0 saturated carbocycles. The summed E-state index contributed by atoms with van der Waals surface area (Å²) >= 11 is 0. The van der Waals surface area contributed by atoms with E-state index in [1.165, 1.54) is 22.9 Å². The number of aryl methyl sites for hydroxylation is 1. The Morgan fingerprint density at radius 2 is 2.00 bits per heavy atom. The zero-order valence-corrected chi connectivity index (χ0v) is 12.5.